The van der Waals surface area contributed by atoms with E-state index < -0.39 is 17.6 Å². The summed E-state index contributed by atoms with van der Waals surface area (Å²) in [5, 5.41) is 9.98. The predicted octanol–water partition coefficient (Wildman–Crippen LogP) is 0.577. The monoisotopic (exact) mass is 206 g/mol. The van der Waals surface area contributed by atoms with Crippen molar-refractivity contribution in [1.29, 1.82) is 0 Å². The molecule has 0 saturated heterocycles. The molecule has 70 valence electrons. The third-order valence-electron chi connectivity index (χ3n) is 1.30. The number of carbonyl (C=O) groups is 1. The number of nitrogens with zero attached hydrogens (tertiary/aromatic N) is 1. The van der Waals surface area contributed by atoms with Gasteiger partial charge in [0.25, 0.3) is 0 Å². The minimum Gasteiger partial charge on any atom is -0.544 e. The number of aliphatic carboxylic acids is 1. The van der Waals surface area contributed by atoms with E-state index in [1.165, 1.54) is 6.07 Å². The third kappa shape index (κ3) is 1.92. The lowest BCUT2D eigenvalue weighted by Crippen LogP contribution is -2.39. The summed E-state index contributed by atoms with van der Waals surface area (Å²) in [5.74, 6) is -6.60. The zero-order valence-corrected chi connectivity index (χ0v) is 6.89. The predicted molar refractivity (Wildman–Crippen MR) is 38.1 cm³/mol. The van der Waals surface area contributed by atoms with Crippen LogP contribution in [-0.4, -0.2) is 11.0 Å². The Morgan fingerprint density at radius 3 is 2.69 bits per heavy atom. The lowest BCUT2D eigenvalue weighted by molar-refractivity contribution is -0.331. The van der Waals surface area contributed by atoms with Gasteiger partial charge in [0.1, 0.15) is 11.7 Å². The molecule has 0 radical (unpaired) electrons. The van der Waals surface area contributed by atoms with Gasteiger partial charge in [-0.2, -0.15) is 8.78 Å². The van der Waals surface area contributed by atoms with Crippen LogP contribution < -0.4 is 5.11 Å². The fourth-order valence-electron chi connectivity index (χ4n) is 0.681. The van der Waals surface area contributed by atoms with E-state index in [1.54, 1.807) is 0 Å². The van der Waals surface area contributed by atoms with Gasteiger partial charge < -0.3 is 9.90 Å². The van der Waals surface area contributed by atoms with E-state index in [2.05, 4.69) is 4.98 Å². The molecule has 0 aliphatic rings. The van der Waals surface area contributed by atoms with Gasteiger partial charge in [-0.1, -0.05) is 11.6 Å². The number of hydrogen-bond donors (Lipinski definition) is 0. The van der Waals surface area contributed by atoms with Gasteiger partial charge in [-0.3, -0.25) is 4.98 Å². The second-order valence-electron chi connectivity index (χ2n) is 2.22. The van der Waals surface area contributed by atoms with Crippen LogP contribution in [0.4, 0.5) is 8.78 Å². The topological polar surface area (TPSA) is 53.0 Å². The highest BCUT2D eigenvalue weighted by Gasteiger charge is 2.35. The molecule has 0 bridgehead atoms. The Labute approximate surface area is 77.0 Å². The fraction of sp³-hybridized carbons (Fsp3) is 0.143. The van der Waals surface area contributed by atoms with Gasteiger partial charge in [-0.15, -0.1) is 0 Å². The first-order valence-electron chi connectivity index (χ1n) is 3.16. The van der Waals surface area contributed by atoms with Crippen LogP contribution >= 0.6 is 11.6 Å². The van der Waals surface area contributed by atoms with E-state index in [1.807, 2.05) is 0 Å². The van der Waals surface area contributed by atoms with Crippen LogP contribution in [0.15, 0.2) is 18.3 Å². The van der Waals surface area contributed by atoms with Crippen molar-refractivity contribution in [3.05, 3.63) is 29.0 Å². The van der Waals surface area contributed by atoms with Crippen LogP contribution in [-0.2, 0) is 10.7 Å². The average Bonchev–Trinajstić information content (AvgIpc) is 2.04. The molecule has 6 heteroatoms. The Hall–Kier alpha value is -1.23. The summed E-state index contributed by atoms with van der Waals surface area (Å²) in [5.41, 5.74) is -0.931. The Morgan fingerprint density at radius 1 is 1.62 bits per heavy atom. The normalized spacial score (nSPS) is 11.3. The van der Waals surface area contributed by atoms with Crippen LogP contribution in [0.25, 0.3) is 0 Å². The van der Waals surface area contributed by atoms with E-state index in [-0.39, 0.29) is 5.02 Å². The zero-order chi connectivity index (χ0) is 10.1. The third-order valence-corrected chi connectivity index (χ3v) is 1.54. The molecule has 0 spiro atoms. The quantitative estimate of drug-likeness (QED) is 0.711. The van der Waals surface area contributed by atoms with Gasteiger partial charge in [0, 0.05) is 11.2 Å². The Bertz CT molecular complexity index is 343. The molecule has 13 heavy (non-hydrogen) atoms. The highest BCUT2D eigenvalue weighted by Crippen LogP contribution is 2.26. The van der Waals surface area contributed by atoms with E-state index >= 15 is 0 Å². The lowest BCUT2D eigenvalue weighted by atomic mass is 10.2. The first-order chi connectivity index (χ1) is 5.94. The molecule has 0 amide bonds. The molecule has 1 aromatic rings. The van der Waals surface area contributed by atoms with E-state index in [0.29, 0.717) is 0 Å². The fourth-order valence-corrected chi connectivity index (χ4v) is 0.841. The van der Waals surface area contributed by atoms with Gasteiger partial charge in [-0.05, 0) is 12.1 Å². The van der Waals surface area contributed by atoms with Crippen LogP contribution in [0, 0.1) is 0 Å². The van der Waals surface area contributed by atoms with Crippen LogP contribution in [0.1, 0.15) is 5.69 Å². The number of rotatable bonds is 2. The Kier molecular flexibility index (Phi) is 2.47. The number of carbonyl (C=O) groups excluding carboxylic acids is 1. The molecular weight excluding hydrogens is 204 g/mol. The highest BCUT2D eigenvalue weighted by atomic mass is 35.5. The molecule has 0 N–H and O–H groups in total. The molecule has 3 nitrogen and oxygen atoms in total. The van der Waals surface area contributed by atoms with Gasteiger partial charge in [-0.25, -0.2) is 0 Å². The number of pyridine rings is 1. The number of halogens is 3. The van der Waals surface area contributed by atoms with Crippen molar-refractivity contribution in [2.75, 3.05) is 0 Å². The van der Waals surface area contributed by atoms with E-state index in [4.69, 9.17) is 11.6 Å². The van der Waals surface area contributed by atoms with Crippen LogP contribution in [0.2, 0.25) is 5.02 Å². The minimum atomic E-state index is -4.11. The second kappa shape index (κ2) is 3.26. The van der Waals surface area contributed by atoms with Gasteiger partial charge >= 0.3 is 5.92 Å². The molecule has 0 saturated carbocycles. The molecule has 1 heterocycles. The summed E-state index contributed by atoms with van der Waals surface area (Å²) in [6, 6.07) is 2.04. The van der Waals surface area contributed by atoms with Gasteiger partial charge in [0.15, 0.2) is 0 Å². The molecule has 1 rings (SSSR count). The van der Waals surface area contributed by atoms with Crippen molar-refractivity contribution in [3.63, 3.8) is 0 Å². The number of aromatic nitrogens is 1. The summed E-state index contributed by atoms with van der Waals surface area (Å²) >= 11 is 5.37. The number of carboxylic acids is 1. The maximum absolute atomic E-state index is 12.7. The van der Waals surface area contributed by atoms with Crippen molar-refractivity contribution >= 4 is 17.6 Å². The minimum absolute atomic E-state index is 0.00840. The first-order valence-corrected chi connectivity index (χ1v) is 3.53. The molecule has 0 fully saturated rings. The smallest absolute Gasteiger partial charge is 0.328 e. The van der Waals surface area contributed by atoms with Crippen molar-refractivity contribution < 1.29 is 18.7 Å². The summed E-state index contributed by atoms with van der Waals surface area (Å²) in [6.07, 6.45) is 0.995. The average molecular weight is 207 g/mol. The summed E-state index contributed by atoms with van der Waals surface area (Å²) < 4.78 is 25.4. The molecule has 0 aliphatic heterocycles. The standard InChI is InChI=1S/C7H4ClF2NO2/c8-4-1-2-11-5(3-4)7(9,10)6(12)13/h1-3H,(H,12,13)/p-1. The molecular formula is C7H3ClF2NO2-. The van der Waals surface area contributed by atoms with Gasteiger partial charge in [0.05, 0.1) is 0 Å². The van der Waals surface area contributed by atoms with Crippen molar-refractivity contribution in [1.82, 2.24) is 4.98 Å². The summed E-state index contributed by atoms with van der Waals surface area (Å²) in [4.78, 5) is 13.2. The number of alkyl halides is 2. The Morgan fingerprint density at radius 2 is 2.23 bits per heavy atom. The molecule has 1 aromatic heterocycles. The van der Waals surface area contributed by atoms with Gasteiger partial charge in [0.2, 0.25) is 0 Å². The maximum Gasteiger partial charge on any atom is 0.328 e. The summed E-state index contributed by atoms with van der Waals surface area (Å²) in [6.45, 7) is 0. The maximum atomic E-state index is 12.7. The number of hydrogen-bond acceptors (Lipinski definition) is 3. The molecule has 0 atom stereocenters. The number of carboxylic acid groups (broad SMARTS) is 1. The SMILES string of the molecule is O=C([O-])C(F)(F)c1cc(Cl)ccn1. The summed E-state index contributed by atoms with van der Waals surface area (Å²) in [7, 11) is 0. The zero-order valence-electron chi connectivity index (χ0n) is 6.13. The largest absolute Gasteiger partial charge is 0.544 e. The van der Waals surface area contributed by atoms with Crippen molar-refractivity contribution in [3.8, 4) is 0 Å². The molecule has 0 aliphatic carbocycles. The second-order valence-corrected chi connectivity index (χ2v) is 2.66. The van der Waals surface area contributed by atoms with Crippen LogP contribution in [0.3, 0.4) is 0 Å². The van der Waals surface area contributed by atoms with E-state index in [0.717, 1.165) is 12.3 Å². The molecule has 0 aromatic carbocycles. The lowest BCUT2D eigenvalue weighted by Gasteiger charge is -2.15. The van der Waals surface area contributed by atoms with Crippen LogP contribution in [0.5, 0.6) is 0 Å². The highest BCUT2D eigenvalue weighted by molar-refractivity contribution is 6.30. The van der Waals surface area contributed by atoms with Crippen molar-refractivity contribution in [2.45, 2.75) is 5.92 Å². The molecule has 0 unspecified atom stereocenters. The Balaban J connectivity index is 3.14. The first kappa shape index (κ1) is 9.85. The van der Waals surface area contributed by atoms with Crippen molar-refractivity contribution in [2.24, 2.45) is 0 Å². The van der Waals surface area contributed by atoms with E-state index in [9.17, 15) is 18.7 Å².